The average Bonchev–Trinajstić information content (AvgIpc) is 2.79. The predicted octanol–water partition coefficient (Wildman–Crippen LogP) is 5.22. The van der Waals surface area contributed by atoms with E-state index in [1.54, 1.807) is 24.4 Å². The summed E-state index contributed by atoms with van der Waals surface area (Å²) >= 11 is 0. The van der Waals surface area contributed by atoms with Gasteiger partial charge in [0.25, 0.3) is 5.56 Å². The number of aryl methyl sites for hydroxylation is 2. The molecule has 0 aliphatic carbocycles. The van der Waals surface area contributed by atoms with E-state index in [0.29, 0.717) is 16.3 Å². The van der Waals surface area contributed by atoms with Crippen molar-refractivity contribution in [2.24, 2.45) is 0 Å². The Bertz CT molecular complexity index is 1250. The van der Waals surface area contributed by atoms with E-state index in [-0.39, 0.29) is 12.2 Å². The molecular formula is C26H23NO3. The third kappa shape index (κ3) is 3.90. The normalized spacial score (nSPS) is 10.9. The number of carbonyl (C=O) groups is 1. The van der Waals surface area contributed by atoms with Gasteiger partial charge in [0.15, 0.2) is 0 Å². The standard InChI is InChI=1S/C26H23NO3/c1-3-19-12-14-21(15-13-19)27-16-24(22-6-4-5-7-23(22)25(27)28)26(29)30-17-20-10-8-18(2)9-11-20/h4-16H,3,17H2,1-2H3. The molecular weight excluding hydrogens is 374 g/mol. The Hall–Kier alpha value is -3.66. The molecule has 1 aromatic heterocycles. The Balaban J connectivity index is 1.74. The molecule has 0 N–H and O–H groups in total. The van der Waals surface area contributed by atoms with Crippen LogP contribution in [0.25, 0.3) is 16.5 Å². The molecule has 4 heteroatoms. The third-order valence-corrected chi connectivity index (χ3v) is 5.26. The molecule has 4 rings (SSSR count). The Morgan fingerprint density at radius 3 is 2.17 bits per heavy atom. The summed E-state index contributed by atoms with van der Waals surface area (Å²) in [5, 5.41) is 1.08. The van der Waals surface area contributed by atoms with E-state index >= 15 is 0 Å². The number of hydrogen-bond acceptors (Lipinski definition) is 3. The van der Waals surface area contributed by atoms with E-state index in [9.17, 15) is 9.59 Å². The van der Waals surface area contributed by atoms with Gasteiger partial charge >= 0.3 is 5.97 Å². The lowest BCUT2D eigenvalue weighted by Crippen LogP contribution is -2.21. The second kappa shape index (κ2) is 8.37. The molecule has 0 bridgehead atoms. The number of fused-ring (bicyclic) bond motifs is 1. The first kappa shape index (κ1) is 19.6. The first-order valence-electron chi connectivity index (χ1n) is 10.0. The van der Waals surface area contributed by atoms with Crippen molar-refractivity contribution in [1.82, 2.24) is 4.57 Å². The van der Waals surface area contributed by atoms with Gasteiger partial charge in [0.05, 0.1) is 5.56 Å². The molecule has 0 atom stereocenters. The van der Waals surface area contributed by atoms with Crippen molar-refractivity contribution in [2.45, 2.75) is 26.9 Å². The fraction of sp³-hybridized carbons (Fsp3) is 0.154. The number of hydrogen-bond donors (Lipinski definition) is 0. The minimum absolute atomic E-state index is 0.162. The van der Waals surface area contributed by atoms with Crippen LogP contribution >= 0.6 is 0 Å². The Morgan fingerprint density at radius 2 is 1.50 bits per heavy atom. The minimum Gasteiger partial charge on any atom is -0.457 e. The van der Waals surface area contributed by atoms with Gasteiger partial charge in [-0.2, -0.15) is 0 Å². The zero-order valence-corrected chi connectivity index (χ0v) is 17.1. The number of rotatable bonds is 5. The molecule has 0 amide bonds. The molecule has 0 saturated heterocycles. The maximum atomic E-state index is 13.1. The van der Waals surface area contributed by atoms with Crippen LogP contribution < -0.4 is 5.56 Å². The van der Waals surface area contributed by atoms with Crippen molar-refractivity contribution in [1.29, 1.82) is 0 Å². The smallest absolute Gasteiger partial charge is 0.340 e. The molecule has 30 heavy (non-hydrogen) atoms. The molecule has 0 radical (unpaired) electrons. The van der Waals surface area contributed by atoms with Crippen LogP contribution in [0.1, 0.15) is 34.0 Å². The Morgan fingerprint density at radius 1 is 0.867 bits per heavy atom. The molecule has 1 heterocycles. The zero-order valence-electron chi connectivity index (χ0n) is 17.1. The van der Waals surface area contributed by atoms with Crippen LogP contribution in [0.3, 0.4) is 0 Å². The Kier molecular flexibility index (Phi) is 5.48. The molecule has 150 valence electrons. The van der Waals surface area contributed by atoms with E-state index in [0.717, 1.165) is 23.2 Å². The summed E-state index contributed by atoms with van der Waals surface area (Å²) in [5.74, 6) is -0.453. The molecule has 0 saturated carbocycles. The van der Waals surface area contributed by atoms with Gasteiger partial charge in [-0.1, -0.05) is 67.1 Å². The highest BCUT2D eigenvalue weighted by Gasteiger charge is 2.17. The number of aromatic nitrogens is 1. The maximum absolute atomic E-state index is 13.1. The fourth-order valence-electron chi connectivity index (χ4n) is 3.45. The van der Waals surface area contributed by atoms with Crippen molar-refractivity contribution in [3.63, 3.8) is 0 Å². The van der Waals surface area contributed by atoms with E-state index < -0.39 is 5.97 Å². The van der Waals surface area contributed by atoms with Gasteiger partial charge in [0.2, 0.25) is 0 Å². The molecule has 4 nitrogen and oxygen atoms in total. The van der Waals surface area contributed by atoms with Gasteiger partial charge < -0.3 is 4.74 Å². The van der Waals surface area contributed by atoms with E-state index in [1.165, 1.54) is 10.1 Å². The lowest BCUT2D eigenvalue weighted by Gasteiger charge is -2.13. The maximum Gasteiger partial charge on any atom is 0.340 e. The third-order valence-electron chi connectivity index (χ3n) is 5.26. The molecule has 3 aromatic carbocycles. The summed E-state index contributed by atoms with van der Waals surface area (Å²) in [7, 11) is 0. The fourth-order valence-corrected chi connectivity index (χ4v) is 3.45. The van der Waals surface area contributed by atoms with Crippen LogP contribution in [0.2, 0.25) is 0 Å². The summed E-state index contributed by atoms with van der Waals surface area (Å²) in [6, 6.07) is 22.8. The first-order valence-corrected chi connectivity index (χ1v) is 10.0. The number of esters is 1. The topological polar surface area (TPSA) is 48.3 Å². The number of ether oxygens (including phenoxy) is 1. The van der Waals surface area contributed by atoms with Crippen molar-refractivity contribution in [3.05, 3.63) is 112 Å². The summed E-state index contributed by atoms with van der Waals surface area (Å²) in [5.41, 5.74) is 4.18. The van der Waals surface area contributed by atoms with Gasteiger partial charge in [-0.25, -0.2) is 4.79 Å². The van der Waals surface area contributed by atoms with Crippen molar-refractivity contribution >= 4 is 16.7 Å². The predicted molar refractivity (Wildman–Crippen MR) is 119 cm³/mol. The van der Waals surface area contributed by atoms with Crippen LogP contribution in [0.4, 0.5) is 0 Å². The zero-order chi connectivity index (χ0) is 21.1. The molecule has 0 unspecified atom stereocenters. The molecule has 0 fully saturated rings. The summed E-state index contributed by atoms with van der Waals surface area (Å²) in [4.78, 5) is 26.0. The van der Waals surface area contributed by atoms with Gasteiger partial charge in [-0.15, -0.1) is 0 Å². The SMILES string of the molecule is CCc1ccc(-n2cc(C(=O)OCc3ccc(C)cc3)c3ccccc3c2=O)cc1. The van der Waals surface area contributed by atoms with Crippen LogP contribution in [-0.2, 0) is 17.8 Å². The molecule has 0 aliphatic rings. The first-order chi connectivity index (χ1) is 14.6. The lowest BCUT2D eigenvalue weighted by molar-refractivity contribution is 0.0474. The van der Waals surface area contributed by atoms with Gasteiger partial charge in [0.1, 0.15) is 6.61 Å². The minimum atomic E-state index is -0.453. The van der Waals surface area contributed by atoms with Crippen LogP contribution in [0.15, 0.2) is 83.8 Å². The highest BCUT2D eigenvalue weighted by Crippen LogP contribution is 2.20. The lowest BCUT2D eigenvalue weighted by atomic mass is 10.1. The van der Waals surface area contributed by atoms with Gasteiger partial charge in [-0.05, 0) is 42.7 Å². The van der Waals surface area contributed by atoms with E-state index in [2.05, 4.69) is 6.92 Å². The van der Waals surface area contributed by atoms with Gasteiger partial charge in [-0.3, -0.25) is 9.36 Å². The highest BCUT2D eigenvalue weighted by atomic mass is 16.5. The van der Waals surface area contributed by atoms with Crippen molar-refractivity contribution in [2.75, 3.05) is 0 Å². The van der Waals surface area contributed by atoms with E-state index in [1.807, 2.05) is 61.5 Å². The molecule has 0 aliphatic heterocycles. The monoisotopic (exact) mass is 397 g/mol. The Labute approximate surface area is 175 Å². The number of carbonyl (C=O) groups excluding carboxylic acids is 1. The van der Waals surface area contributed by atoms with Crippen LogP contribution in [0, 0.1) is 6.92 Å². The largest absolute Gasteiger partial charge is 0.457 e. The molecule has 4 aromatic rings. The van der Waals surface area contributed by atoms with Crippen molar-refractivity contribution < 1.29 is 9.53 Å². The quantitative estimate of drug-likeness (QED) is 0.434. The average molecular weight is 397 g/mol. The van der Waals surface area contributed by atoms with E-state index in [4.69, 9.17) is 4.74 Å². The van der Waals surface area contributed by atoms with Gasteiger partial charge in [0, 0.05) is 22.7 Å². The highest BCUT2D eigenvalue weighted by molar-refractivity contribution is 6.04. The number of pyridine rings is 1. The second-order valence-electron chi connectivity index (χ2n) is 7.35. The number of nitrogens with zero attached hydrogens (tertiary/aromatic N) is 1. The van der Waals surface area contributed by atoms with Crippen LogP contribution in [0.5, 0.6) is 0 Å². The summed E-state index contributed by atoms with van der Waals surface area (Å²) < 4.78 is 7.09. The second-order valence-corrected chi connectivity index (χ2v) is 7.35. The van der Waals surface area contributed by atoms with Crippen molar-refractivity contribution in [3.8, 4) is 5.69 Å². The molecule has 0 spiro atoms. The van der Waals surface area contributed by atoms with Crippen LogP contribution in [-0.4, -0.2) is 10.5 Å². The summed E-state index contributed by atoms with van der Waals surface area (Å²) in [6.07, 6.45) is 2.51. The summed E-state index contributed by atoms with van der Waals surface area (Å²) in [6.45, 7) is 4.27. The number of benzene rings is 3.